The van der Waals surface area contributed by atoms with Gasteiger partial charge in [0.2, 0.25) is 0 Å². The van der Waals surface area contributed by atoms with Gasteiger partial charge in [-0.3, -0.25) is 4.79 Å². The molecule has 1 atom stereocenters. The number of ketones is 1. The van der Waals surface area contributed by atoms with E-state index in [9.17, 15) is 4.79 Å². The van der Waals surface area contributed by atoms with Gasteiger partial charge in [0.15, 0.2) is 12.0 Å². The molecule has 1 heterocycles. The van der Waals surface area contributed by atoms with Gasteiger partial charge in [0.1, 0.15) is 5.76 Å². The van der Waals surface area contributed by atoms with E-state index in [1.807, 2.05) is 13.1 Å². The van der Waals surface area contributed by atoms with E-state index in [1.54, 1.807) is 6.08 Å². The molecule has 0 spiro atoms. The Morgan fingerprint density at radius 3 is 3.21 bits per heavy atom. The first-order chi connectivity index (χ1) is 6.72. The first-order valence-electron chi connectivity index (χ1n) is 4.63. The molecule has 1 aliphatic heterocycles. The third kappa shape index (κ3) is 1.59. The molecule has 0 bridgehead atoms. The Labute approximate surface area is 91.5 Å². The first kappa shape index (κ1) is 9.77. The van der Waals surface area contributed by atoms with Crippen molar-refractivity contribution in [3.8, 4) is 0 Å². The Kier molecular flexibility index (Phi) is 2.63. The summed E-state index contributed by atoms with van der Waals surface area (Å²) < 4.78 is 5.66. The summed E-state index contributed by atoms with van der Waals surface area (Å²) in [6.45, 7) is 0. The molecule has 0 aromatic heterocycles. The molecular weight excluding hydrogens is 246 g/mol. The maximum Gasteiger partial charge on any atom is 0.173 e. The summed E-state index contributed by atoms with van der Waals surface area (Å²) in [5.74, 6) is 0.853. The third-order valence-corrected chi connectivity index (χ3v) is 2.93. The van der Waals surface area contributed by atoms with Crippen LogP contribution in [0.2, 0.25) is 0 Å². The van der Waals surface area contributed by atoms with Gasteiger partial charge in [-0.1, -0.05) is 15.9 Å². The fourth-order valence-electron chi connectivity index (χ4n) is 1.72. The van der Waals surface area contributed by atoms with Gasteiger partial charge < -0.3 is 9.64 Å². The van der Waals surface area contributed by atoms with Crippen molar-refractivity contribution in [2.24, 2.45) is 0 Å². The summed E-state index contributed by atoms with van der Waals surface area (Å²) in [6.07, 6.45) is 5.01. The summed E-state index contributed by atoms with van der Waals surface area (Å²) in [6, 6.07) is 0. The highest BCUT2D eigenvalue weighted by molar-refractivity contribution is 9.09. The van der Waals surface area contributed by atoms with Crippen molar-refractivity contribution < 1.29 is 9.53 Å². The van der Waals surface area contributed by atoms with Gasteiger partial charge in [0.05, 0.1) is 5.70 Å². The number of carbonyl (C=O) groups excluding carboxylic acids is 1. The number of rotatable bonds is 2. The van der Waals surface area contributed by atoms with E-state index in [0.717, 1.165) is 23.2 Å². The molecular formula is C10H12BrNO2. The van der Waals surface area contributed by atoms with Crippen LogP contribution in [0.15, 0.2) is 23.6 Å². The minimum absolute atomic E-state index is 0.0674. The van der Waals surface area contributed by atoms with Crippen molar-refractivity contribution in [3.05, 3.63) is 23.6 Å². The molecule has 2 aliphatic rings. The van der Waals surface area contributed by atoms with Crippen molar-refractivity contribution in [1.82, 2.24) is 4.90 Å². The van der Waals surface area contributed by atoms with Crippen LogP contribution in [-0.4, -0.2) is 29.3 Å². The number of alkyl halides is 1. The van der Waals surface area contributed by atoms with Gasteiger partial charge in [-0.05, 0) is 6.08 Å². The number of ether oxygens (including phenoxy) is 1. The van der Waals surface area contributed by atoms with Crippen molar-refractivity contribution in [2.75, 3.05) is 12.4 Å². The van der Waals surface area contributed by atoms with Crippen LogP contribution in [0.4, 0.5) is 0 Å². The zero-order valence-electron chi connectivity index (χ0n) is 8.00. The number of hydrogen-bond acceptors (Lipinski definition) is 3. The molecule has 1 fully saturated rings. The standard InChI is InChI=1S/C10H12BrNO2/c1-12-8-3-2-7(13)6-9(8)14-10(12)4-5-11/h3,6,10H,2,4-5H2,1H3. The minimum atomic E-state index is 0.0674. The van der Waals surface area contributed by atoms with Gasteiger partial charge in [-0.2, -0.15) is 0 Å². The zero-order chi connectivity index (χ0) is 10.1. The van der Waals surface area contributed by atoms with Crippen LogP contribution in [0.25, 0.3) is 0 Å². The van der Waals surface area contributed by atoms with E-state index in [0.29, 0.717) is 6.42 Å². The number of hydrogen-bond donors (Lipinski definition) is 0. The maximum atomic E-state index is 11.1. The van der Waals surface area contributed by atoms with Crippen LogP contribution in [0.3, 0.4) is 0 Å². The van der Waals surface area contributed by atoms with E-state index in [2.05, 4.69) is 20.8 Å². The second-order valence-electron chi connectivity index (χ2n) is 3.43. The summed E-state index contributed by atoms with van der Waals surface area (Å²) >= 11 is 3.39. The Bertz CT molecular complexity index is 322. The molecule has 0 amide bonds. The molecule has 0 N–H and O–H groups in total. The Hall–Kier alpha value is -0.770. The van der Waals surface area contributed by atoms with Crippen molar-refractivity contribution >= 4 is 21.7 Å². The van der Waals surface area contributed by atoms with Crippen LogP contribution in [0.1, 0.15) is 12.8 Å². The zero-order valence-corrected chi connectivity index (χ0v) is 9.58. The summed E-state index contributed by atoms with van der Waals surface area (Å²) in [5.41, 5.74) is 1.05. The van der Waals surface area contributed by atoms with Gasteiger partial charge >= 0.3 is 0 Å². The average Bonchev–Trinajstić information content (AvgIpc) is 2.44. The van der Waals surface area contributed by atoms with Gasteiger partial charge in [0.25, 0.3) is 0 Å². The molecule has 14 heavy (non-hydrogen) atoms. The lowest BCUT2D eigenvalue weighted by Crippen LogP contribution is -2.25. The predicted octanol–water partition coefficient (Wildman–Crippen LogP) is 1.80. The van der Waals surface area contributed by atoms with Crippen LogP contribution in [0, 0.1) is 0 Å². The first-order valence-corrected chi connectivity index (χ1v) is 5.75. The summed E-state index contributed by atoms with van der Waals surface area (Å²) in [4.78, 5) is 13.2. The fourth-order valence-corrected chi connectivity index (χ4v) is 2.11. The topological polar surface area (TPSA) is 29.5 Å². The smallest absolute Gasteiger partial charge is 0.173 e. The second kappa shape index (κ2) is 3.77. The lowest BCUT2D eigenvalue weighted by Gasteiger charge is -2.18. The van der Waals surface area contributed by atoms with Gasteiger partial charge in [0, 0.05) is 31.3 Å². The highest BCUT2D eigenvalue weighted by Gasteiger charge is 2.32. The molecule has 1 unspecified atom stereocenters. The maximum absolute atomic E-state index is 11.1. The van der Waals surface area contributed by atoms with E-state index < -0.39 is 0 Å². The second-order valence-corrected chi connectivity index (χ2v) is 4.22. The molecule has 3 nitrogen and oxygen atoms in total. The van der Waals surface area contributed by atoms with E-state index >= 15 is 0 Å². The molecule has 1 aliphatic carbocycles. The SMILES string of the molecule is CN1C2=CCC(=O)C=C2OC1CCBr. The third-order valence-electron chi connectivity index (χ3n) is 2.47. The molecule has 1 saturated heterocycles. The fraction of sp³-hybridized carbons (Fsp3) is 0.500. The lowest BCUT2D eigenvalue weighted by atomic mass is 10.1. The normalized spacial score (nSPS) is 25.4. The predicted molar refractivity (Wildman–Crippen MR) is 56.8 cm³/mol. The lowest BCUT2D eigenvalue weighted by molar-refractivity contribution is -0.114. The molecule has 2 rings (SSSR count). The van der Waals surface area contributed by atoms with Crippen LogP contribution in [-0.2, 0) is 9.53 Å². The van der Waals surface area contributed by atoms with E-state index in [1.165, 1.54) is 0 Å². The number of allylic oxidation sites excluding steroid dienone is 2. The number of halogens is 1. The van der Waals surface area contributed by atoms with Crippen LogP contribution >= 0.6 is 15.9 Å². The Morgan fingerprint density at radius 1 is 1.71 bits per heavy atom. The van der Waals surface area contributed by atoms with Crippen LogP contribution < -0.4 is 0 Å². The number of likely N-dealkylation sites (N-methyl/N-ethyl adjacent to an activating group) is 1. The molecule has 76 valence electrons. The van der Waals surface area contributed by atoms with E-state index in [-0.39, 0.29) is 12.0 Å². The molecule has 0 saturated carbocycles. The monoisotopic (exact) mass is 257 g/mol. The van der Waals surface area contributed by atoms with Gasteiger partial charge in [-0.25, -0.2) is 0 Å². The molecule has 0 aromatic carbocycles. The van der Waals surface area contributed by atoms with Crippen LogP contribution in [0.5, 0.6) is 0 Å². The van der Waals surface area contributed by atoms with E-state index in [4.69, 9.17) is 4.74 Å². The summed E-state index contributed by atoms with van der Waals surface area (Å²) in [7, 11) is 2.00. The number of nitrogens with zero attached hydrogens (tertiary/aromatic N) is 1. The highest BCUT2D eigenvalue weighted by Crippen LogP contribution is 2.32. The molecule has 0 radical (unpaired) electrons. The van der Waals surface area contributed by atoms with Gasteiger partial charge in [-0.15, -0.1) is 0 Å². The molecule has 4 heteroatoms. The van der Waals surface area contributed by atoms with Crippen molar-refractivity contribution in [3.63, 3.8) is 0 Å². The summed E-state index contributed by atoms with van der Waals surface area (Å²) in [5, 5.41) is 0.899. The Balaban J connectivity index is 2.20. The average molecular weight is 258 g/mol. The molecule has 0 aromatic rings. The largest absolute Gasteiger partial charge is 0.468 e. The Morgan fingerprint density at radius 2 is 2.50 bits per heavy atom. The van der Waals surface area contributed by atoms with Crippen molar-refractivity contribution in [2.45, 2.75) is 19.1 Å². The number of fused-ring (bicyclic) bond motifs is 1. The minimum Gasteiger partial charge on any atom is -0.468 e. The highest BCUT2D eigenvalue weighted by atomic mass is 79.9. The quantitative estimate of drug-likeness (QED) is 0.707. The van der Waals surface area contributed by atoms with Crippen molar-refractivity contribution in [1.29, 1.82) is 0 Å². The number of carbonyl (C=O) groups is 1.